The average molecular weight is 308 g/mol. The molecule has 20 heavy (non-hydrogen) atoms. The topological polar surface area (TPSA) is 29.5 Å². The number of hydrogen-bond acceptors (Lipinski definition) is 4. The van der Waals surface area contributed by atoms with Crippen LogP contribution < -0.4 is 0 Å². The van der Waals surface area contributed by atoms with Crippen LogP contribution in [0, 0.1) is 0 Å². The van der Waals surface area contributed by atoms with Crippen molar-refractivity contribution in [3.8, 4) is 10.4 Å². The summed E-state index contributed by atoms with van der Waals surface area (Å²) in [4.78, 5) is 18.7. The maximum atomic E-state index is 11.0. The molecule has 1 aromatic heterocycles. The second kappa shape index (κ2) is 5.56. The predicted octanol–water partition coefficient (Wildman–Crippen LogP) is 3.90. The number of hydroxylamine groups is 2. The van der Waals surface area contributed by atoms with E-state index in [-0.39, 0.29) is 5.97 Å². The molecule has 0 bridgehead atoms. The van der Waals surface area contributed by atoms with E-state index in [1.165, 1.54) is 22.2 Å². The van der Waals surface area contributed by atoms with E-state index in [0.717, 1.165) is 23.6 Å². The molecule has 0 amide bonds. The van der Waals surface area contributed by atoms with E-state index >= 15 is 0 Å². The van der Waals surface area contributed by atoms with E-state index in [2.05, 4.69) is 6.07 Å². The van der Waals surface area contributed by atoms with Crippen LogP contribution >= 0.6 is 22.9 Å². The van der Waals surface area contributed by atoms with E-state index in [1.54, 1.807) is 16.4 Å². The van der Waals surface area contributed by atoms with Crippen LogP contribution in [0.1, 0.15) is 17.4 Å². The largest absolute Gasteiger partial charge is 0.368 e. The van der Waals surface area contributed by atoms with Gasteiger partial charge in [0.2, 0.25) is 0 Å². The molecule has 0 aliphatic carbocycles. The van der Waals surface area contributed by atoms with E-state index in [0.29, 0.717) is 6.54 Å². The highest BCUT2D eigenvalue weighted by Crippen LogP contribution is 2.37. The number of hydrogen-bond donors (Lipinski definition) is 0. The Kier molecular flexibility index (Phi) is 3.78. The fourth-order valence-electron chi connectivity index (χ4n) is 2.36. The summed E-state index contributed by atoms with van der Waals surface area (Å²) >= 11 is 8.02. The minimum Gasteiger partial charge on any atom is -0.368 e. The van der Waals surface area contributed by atoms with E-state index in [1.807, 2.05) is 24.3 Å². The fourth-order valence-corrected chi connectivity index (χ4v) is 3.86. The standard InChI is InChI=1S/C15H14ClNO2S/c1-10(18)19-17-7-6-14-11(9-17)8-15(20-14)12-4-2-3-5-13(12)16/h2-5,8H,6-7,9H2,1H3. The van der Waals surface area contributed by atoms with Crippen molar-refractivity contribution in [1.82, 2.24) is 5.06 Å². The van der Waals surface area contributed by atoms with Gasteiger partial charge in [-0.3, -0.25) is 4.79 Å². The zero-order valence-electron chi connectivity index (χ0n) is 11.1. The van der Waals surface area contributed by atoms with Crippen LogP contribution in [0.5, 0.6) is 0 Å². The minimum atomic E-state index is -0.269. The molecule has 5 heteroatoms. The van der Waals surface area contributed by atoms with E-state index in [9.17, 15) is 4.79 Å². The Labute approximate surface area is 126 Å². The van der Waals surface area contributed by atoms with Gasteiger partial charge in [0.15, 0.2) is 0 Å². The van der Waals surface area contributed by atoms with Crippen molar-refractivity contribution in [3.63, 3.8) is 0 Å². The molecule has 2 heterocycles. The normalized spacial score (nSPS) is 14.9. The molecule has 0 spiro atoms. The second-order valence-corrected chi connectivity index (χ2v) is 6.28. The lowest BCUT2D eigenvalue weighted by atomic mass is 10.1. The van der Waals surface area contributed by atoms with Gasteiger partial charge in [-0.25, -0.2) is 0 Å². The molecule has 0 radical (unpaired) electrons. The third kappa shape index (κ3) is 2.73. The Morgan fingerprint density at radius 2 is 2.20 bits per heavy atom. The number of benzene rings is 1. The van der Waals surface area contributed by atoms with Crippen LogP contribution in [0.3, 0.4) is 0 Å². The first-order valence-electron chi connectivity index (χ1n) is 6.43. The van der Waals surface area contributed by atoms with Crippen LogP contribution in [0.2, 0.25) is 5.02 Å². The number of carbonyl (C=O) groups is 1. The smallest absolute Gasteiger partial charge is 0.322 e. The van der Waals surface area contributed by atoms with Gasteiger partial charge >= 0.3 is 5.97 Å². The molecular weight excluding hydrogens is 294 g/mol. The number of thiophene rings is 1. The summed E-state index contributed by atoms with van der Waals surface area (Å²) in [6, 6.07) is 10.0. The summed E-state index contributed by atoms with van der Waals surface area (Å²) in [7, 11) is 0. The van der Waals surface area contributed by atoms with Gasteiger partial charge in [-0.1, -0.05) is 29.8 Å². The van der Waals surface area contributed by atoms with Crippen molar-refractivity contribution >= 4 is 28.9 Å². The van der Waals surface area contributed by atoms with Crippen LogP contribution in [-0.4, -0.2) is 17.6 Å². The minimum absolute atomic E-state index is 0.269. The number of nitrogens with zero attached hydrogens (tertiary/aromatic N) is 1. The van der Waals surface area contributed by atoms with E-state index in [4.69, 9.17) is 16.4 Å². The third-order valence-corrected chi connectivity index (χ3v) is 4.83. The molecule has 0 atom stereocenters. The van der Waals surface area contributed by atoms with Crippen molar-refractivity contribution in [2.45, 2.75) is 19.9 Å². The van der Waals surface area contributed by atoms with Gasteiger partial charge in [0.1, 0.15) is 0 Å². The highest BCUT2D eigenvalue weighted by molar-refractivity contribution is 7.15. The molecule has 0 unspecified atom stereocenters. The molecule has 1 aliphatic heterocycles. The predicted molar refractivity (Wildman–Crippen MR) is 80.6 cm³/mol. The van der Waals surface area contributed by atoms with Gasteiger partial charge in [-0.05, 0) is 24.1 Å². The van der Waals surface area contributed by atoms with Crippen LogP contribution in [-0.2, 0) is 22.6 Å². The Morgan fingerprint density at radius 3 is 2.95 bits per heavy atom. The van der Waals surface area contributed by atoms with Gasteiger partial charge in [0.05, 0.1) is 6.54 Å². The summed E-state index contributed by atoms with van der Waals surface area (Å²) in [6.45, 7) is 2.82. The number of rotatable bonds is 2. The first-order valence-corrected chi connectivity index (χ1v) is 7.63. The van der Waals surface area contributed by atoms with Gasteiger partial charge in [0, 0.05) is 33.8 Å². The SMILES string of the molecule is CC(=O)ON1CCc2sc(-c3ccccc3Cl)cc2C1. The highest BCUT2D eigenvalue weighted by Gasteiger charge is 2.21. The molecule has 0 saturated carbocycles. The lowest BCUT2D eigenvalue weighted by Crippen LogP contribution is -2.31. The average Bonchev–Trinajstić information content (AvgIpc) is 2.81. The highest BCUT2D eigenvalue weighted by atomic mass is 35.5. The van der Waals surface area contributed by atoms with Crippen molar-refractivity contribution in [1.29, 1.82) is 0 Å². The summed E-state index contributed by atoms with van der Waals surface area (Å²) in [5, 5.41) is 2.48. The lowest BCUT2D eigenvalue weighted by Gasteiger charge is -2.24. The Bertz CT molecular complexity index is 653. The van der Waals surface area contributed by atoms with Gasteiger partial charge < -0.3 is 4.84 Å². The zero-order valence-corrected chi connectivity index (χ0v) is 12.6. The summed E-state index contributed by atoms with van der Waals surface area (Å²) in [6.07, 6.45) is 0.901. The summed E-state index contributed by atoms with van der Waals surface area (Å²) < 4.78 is 0. The molecular formula is C15H14ClNO2S. The van der Waals surface area contributed by atoms with Crippen molar-refractivity contribution in [3.05, 3.63) is 45.8 Å². The molecule has 0 fully saturated rings. The van der Waals surface area contributed by atoms with Gasteiger partial charge in [-0.2, -0.15) is 0 Å². The fraction of sp³-hybridized carbons (Fsp3) is 0.267. The monoisotopic (exact) mass is 307 g/mol. The summed E-state index contributed by atoms with van der Waals surface area (Å²) in [5.41, 5.74) is 2.28. The lowest BCUT2D eigenvalue weighted by molar-refractivity contribution is -0.192. The first-order chi connectivity index (χ1) is 9.63. The second-order valence-electron chi connectivity index (χ2n) is 4.74. The molecule has 1 aliphatic rings. The van der Waals surface area contributed by atoms with Crippen molar-refractivity contribution in [2.24, 2.45) is 0 Å². The van der Waals surface area contributed by atoms with Crippen LogP contribution in [0.25, 0.3) is 10.4 Å². The Balaban J connectivity index is 1.87. The maximum absolute atomic E-state index is 11.0. The molecule has 3 rings (SSSR count). The van der Waals surface area contributed by atoms with Crippen LogP contribution in [0.15, 0.2) is 30.3 Å². The quantitative estimate of drug-likeness (QED) is 0.842. The first kappa shape index (κ1) is 13.6. The number of carbonyl (C=O) groups excluding carboxylic acids is 1. The van der Waals surface area contributed by atoms with Gasteiger partial charge in [0.25, 0.3) is 0 Å². The van der Waals surface area contributed by atoms with Gasteiger partial charge in [-0.15, -0.1) is 16.4 Å². The number of halogens is 1. The Morgan fingerprint density at radius 1 is 1.40 bits per heavy atom. The molecule has 2 aromatic rings. The summed E-state index contributed by atoms with van der Waals surface area (Å²) in [5.74, 6) is -0.269. The molecule has 0 saturated heterocycles. The third-order valence-electron chi connectivity index (χ3n) is 3.23. The molecule has 0 N–H and O–H groups in total. The van der Waals surface area contributed by atoms with Crippen molar-refractivity contribution in [2.75, 3.05) is 6.54 Å². The van der Waals surface area contributed by atoms with Crippen LogP contribution in [0.4, 0.5) is 0 Å². The molecule has 3 nitrogen and oxygen atoms in total. The van der Waals surface area contributed by atoms with Crippen molar-refractivity contribution < 1.29 is 9.63 Å². The molecule has 104 valence electrons. The Hall–Kier alpha value is -1.36. The van der Waals surface area contributed by atoms with E-state index < -0.39 is 0 Å². The zero-order chi connectivity index (χ0) is 14.1. The molecule has 1 aromatic carbocycles. The number of fused-ring (bicyclic) bond motifs is 1. The maximum Gasteiger partial charge on any atom is 0.322 e.